The number of hydrogen-bond donors (Lipinski definition) is 1. The molecule has 1 saturated carbocycles. The molecule has 0 aromatic heterocycles. The van der Waals surface area contributed by atoms with Gasteiger partial charge in [-0.25, -0.2) is 4.39 Å². The van der Waals surface area contributed by atoms with Gasteiger partial charge in [-0.1, -0.05) is 19.1 Å². The molecule has 0 amide bonds. The second-order valence-electron chi connectivity index (χ2n) is 4.17. The number of rotatable bonds is 3. The van der Waals surface area contributed by atoms with Crippen molar-refractivity contribution in [1.82, 2.24) is 0 Å². The molecule has 0 saturated heterocycles. The first-order chi connectivity index (χ1) is 7.56. The minimum absolute atomic E-state index is 0.0922. The summed E-state index contributed by atoms with van der Waals surface area (Å²) >= 11 is 1.15. The third kappa shape index (κ3) is 1.71. The Morgan fingerprint density at radius 3 is 2.69 bits per heavy atom. The molecule has 0 spiro atoms. The summed E-state index contributed by atoms with van der Waals surface area (Å²) in [5.41, 5.74) is 0. The van der Waals surface area contributed by atoms with Gasteiger partial charge >= 0.3 is 5.97 Å². The SMILES string of the molecule is CC1CCC1(Sc1ccccc1F)C(=O)O. The van der Waals surface area contributed by atoms with Crippen LogP contribution in [-0.4, -0.2) is 15.8 Å². The Balaban J connectivity index is 2.26. The van der Waals surface area contributed by atoms with Crippen molar-refractivity contribution in [3.63, 3.8) is 0 Å². The Labute approximate surface area is 97.9 Å². The smallest absolute Gasteiger partial charge is 0.320 e. The summed E-state index contributed by atoms with van der Waals surface area (Å²) in [6.45, 7) is 1.91. The Bertz CT molecular complexity index is 421. The lowest BCUT2D eigenvalue weighted by Gasteiger charge is -2.43. The molecule has 2 rings (SSSR count). The molecule has 1 aromatic rings. The maximum absolute atomic E-state index is 13.5. The van der Waals surface area contributed by atoms with E-state index in [4.69, 9.17) is 0 Å². The summed E-state index contributed by atoms with van der Waals surface area (Å²) in [6, 6.07) is 6.33. The average molecular weight is 240 g/mol. The molecule has 2 atom stereocenters. The first-order valence-corrected chi connectivity index (χ1v) is 6.05. The molecule has 1 aromatic carbocycles. The molecule has 0 heterocycles. The fourth-order valence-electron chi connectivity index (χ4n) is 1.93. The molecule has 0 aliphatic heterocycles. The zero-order chi connectivity index (χ0) is 11.8. The Kier molecular flexibility index (Phi) is 2.93. The third-order valence-electron chi connectivity index (χ3n) is 3.24. The lowest BCUT2D eigenvalue weighted by Crippen LogP contribution is -2.49. The molecule has 2 unspecified atom stereocenters. The number of carboxylic acids is 1. The molecule has 0 bridgehead atoms. The summed E-state index contributed by atoms with van der Waals surface area (Å²) < 4.78 is 12.6. The van der Waals surface area contributed by atoms with Crippen molar-refractivity contribution >= 4 is 17.7 Å². The fourth-order valence-corrected chi connectivity index (χ4v) is 3.26. The quantitative estimate of drug-likeness (QED) is 0.881. The van der Waals surface area contributed by atoms with Crippen LogP contribution in [0.3, 0.4) is 0 Å². The summed E-state index contributed by atoms with van der Waals surface area (Å²) in [4.78, 5) is 11.7. The van der Waals surface area contributed by atoms with Crippen molar-refractivity contribution in [1.29, 1.82) is 0 Å². The number of hydrogen-bond acceptors (Lipinski definition) is 2. The largest absolute Gasteiger partial charge is 0.480 e. The normalized spacial score (nSPS) is 28.5. The van der Waals surface area contributed by atoms with Crippen molar-refractivity contribution in [2.24, 2.45) is 5.92 Å². The molecule has 1 aliphatic carbocycles. The summed E-state index contributed by atoms with van der Waals surface area (Å²) in [6.07, 6.45) is 1.51. The maximum Gasteiger partial charge on any atom is 0.320 e. The molecule has 4 heteroatoms. The van der Waals surface area contributed by atoms with Gasteiger partial charge in [0.15, 0.2) is 0 Å². The van der Waals surface area contributed by atoms with Crippen LogP contribution in [0.4, 0.5) is 4.39 Å². The molecule has 2 nitrogen and oxygen atoms in total. The van der Waals surface area contributed by atoms with Crippen LogP contribution in [0, 0.1) is 11.7 Å². The Morgan fingerprint density at radius 1 is 1.56 bits per heavy atom. The van der Waals surface area contributed by atoms with Crippen molar-refractivity contribution < 1.29 is 14.3 Å². The number of carbonyl (C=O) groups is 1. The van der Waals surface area contributed by atoms with Gasteiger partial charge in [0.05, 0.1) is 0 Å². The van der Waals surface area contributed by atoms with E-state index in [9.17, 15) is 14.3 Å². The van der Waals surface area contributed by atoms with Gasteiger partial charge in [-0.05, 0) is 30.9 Å². The Morgan fingerprint density at radius 2 is 2.25 bits per heavy atom. The zero-order valence-electron chi connectivity index (χ0n) is 8.94. The highest BCUT2D eigenvalue weighted by atomic mass is 32.2. The van der Waals surface area contributed by atoms with Crippen molar-refractivity contribution in [3.8, 4) is 0 Å². The van der Waals surface area contributed by atoms with Gasteiger partial charge in [0, 0.05) is 4.90 Å². The molecular weight excluding hydrogens is 227 g/mol. The third-order valence-corrected chi connectivity index (χ3v) is 4.93. The molecular formula is C12H13FO2S. The van der Waals surface area contributed by atoms with Gasteiger partial charge in [0.25, 0.3) is 0 Å². The number of carboxylic acid groups (broad SMARTS) is 1. The van der Waals surface area contributed by atoms with E-state index in [1.165, 1.54) is 6.07 Å². The monoisotopic (exact) mass is 240 g/mol. The number of aliphatic carboxylic acids is 1. The van der Waals surface area contributed by atoms with Crippen molar-refractivity contribution in [3.05, 3.63) is 30.1 Å². The van der Waals surface area contributed by atoms with Gasteiger partial charge in [0.1, 0.15) is 10.6 Å². The van der Waals surface area contributed by atoms with Crippen molar-refractivity contribution in [2.75, 3.05) is 0 Å². The molecule has 86 valence electrons. The molecule has 1 fully saturated rings. The highest BCUT2D eigenvalue weighted by Crippen LogP contribution is 2.52. The second-order valence-corrected chi connectivity index (χ2v) is 5.54. The lowest BCUT2D eigenvalue weighted by atomic mass is 9.74. The highest BCUT2D eigenvalue weighted by molar-refractivity contribution is 8.01. The van der Waals surface area contributed by atoms with Crippen LogP contribution >= 0.6 is 11.8 Å². The standard InChI is InChI=1S/C12H13FO2S/c1-8-6-7-12(8,11(14)15)16-10-5-3-2-4-9(10)13/h2-5,8H,6-7H2,1H3,(H,14,15). The minimum atomic E-state index is -0.834. The molecule has 0 radical (unpaired) electrons. The van der Waals surface area contributed by atoms with Gasteiger partial charge in [-0.2, -0.15) is 0 Å². The zero-order valence-corrected chi connectivity index (χ0v) is 9.76. The maximum atomic E-state index is 13.5. The summed E-state index contributed by atoms with van der Waals surface area (Å²) in [7, 11) is 0. The van der Waals surface area contributed by atoms with E-state index in [0.717, 1.165) is 18.2 Å². The average Bonchev–Trinajstić information content (AvgIpc) is 2.25. The van der Waals surface area contributed by atoms with Crippen LogP contribution < -0.4 is 0 Å². The van der Waals surface area contributed by atoms with E-state index in [-0.39, 0.29) is 11.7 Å². The highest BCUT2D eigenvalue weighted by Gasteiger charge is 2.51. The van der Waals surface area contributed by atoms with Gasteiger partial charge < -0.3 is 5.11 Å². The van der Waals surface area contributed by atoms with Crippen LogP contribution in [0.25, 0.3) is 0 Å². The number of thioether (sulfide) groups is 1. The topological polar surface area (TPSA) is 37.3 Å². The Hall–Kier alpha value is -1.03. The molecule has 16 heavy (non-hydrogen) atoms. The van der Waals surface area contributed by atoms with Crippen LogP contribution in [0.15, 0.2) is 29.2 Å². The van der Waals surface area contributed by atoms with E-state index < -0.39 is 10.7 Å². The van der Waals surface area contributed by atoms with E-state index in [2.05, 4.69) is 0 Å². The molecule has 1 N–H and O–H groups in total. The van der Waals surface area contributed by atoms with Gasteiger partial charge in [-0.15, -0.1) is 11.8 Å². The van der Waals surface area contributed by atoms with E-state index >= 15 is 0 Å². The van der Waals surface area contributed by atoms with E-state index in [1.807, 2.05) is 6.92 Å². The predicted octanol–water partition coefficient (Wildman–Crippen LogP) is 3.17. The van der Waals surface area contributed by atoms with E-state index in [0.29, 0.717) is 11.3 Å². The number of halogens is 1. The van der Waals surface area contributed by atoms with Crippen LogP contribution in [0.2, 0.25) is 0 Å². The minimum Gasteiger partial charge on any atom is -0.480 e. The fraction of sp³-hybridized carbons (Fsp3) is 0.417. The number of benzene rings is 1. The lowest BCUT2D eigenvalue weighted by molar-refractivity contribution is -0.144. The first-order valence-electron chi connectivity index (χ1n) is 5.23. The van der Waals surface area contributed by atoms with E-state index in [1.54, 1.807) is 18.2 Å². The van der Waals surface area contributed by atoms with Crippen molar-refractivity contribution in [2.45, 2.75) is 29.4 Å². The first kappa shape index (κ1) is 11.5. The molecule has 1 aliphatic rings. The van der Waals surface area contributed by atoms with Crippen LogP contribution in [0.1, 0.15) is 19.8 Å². The van der Waals surface area contributed by atoms with Crippen LogP contribution in [0.5, 0.6) is 0 Å². The predicted molar refractivity (Wildman–Crippen MR) is 61.0 cm³/mol. The van der Waals surface area contributed by atoms with Gasteiger partial charge in [0.2, 0.25) is 0 Å². The summed E-state index contributed by atoms with van der Waals surface area (Å²) in [5, 5.41) is 9.26. The second kappa shape index (κ2) is 4.09. The van der Waals surface area contributed by atoms with Gasteiger partial charge in [-0.3, -0.25) is 4.79 Å². The summed E-state index contributed by atoms with van der Waals surface area (Å²) in [5.74, 6) is -1.08. The van der Waals surface area contributed by atoms with Crippen LogP contribution in [-0.2, 0) is 4.79 Å².